The topological polar surface area (TPSA) is 58.8 Å². The molecule has 0 bridgehead atoms. The van der Waals surface area contributed by atoms with E-state index in [2.05, 4.69) is 16.8 Å². The number of likely N-dealkylation sites (tertiary alicyclic amines) is 1. The molecule has 130 valence electrons. The zero-order valence-corrected chi connectivity index (χ0v) is 14.6. The zero-order valence-electron chi connectivity index (χ0n) is 14.6. The van der Waals surface area contributed by atoms with Crippen LogP contribution in [0.5, 0.6) is 0 Å². The molecule has 2 aromatic rings. The minimum absolute atomic E-state index is 0.131. The van der Waals surface area contributed by atoms with E-state index in [9.17, 15) is 4.79 Å². The molecule has 0 radical (unpaired) electrons. The number of carbonyl (C=O) groups excluding carboxylic acids is 1. The lowest BCUT2D eigenvalue weighted by molar-refractivity contribution is 0.0684. The van der Waals surface area contributed by atoms with Crippen molar-refractivity contribution in [2.75, 3.05) is 26.7 Å². The number of para-hydroxylation sites is 2. The second-order valence-electron chi connectivity index (χ2n) is 6.27. The van der Waals surface area contributed by atoms with Crippen LogP contribution in [0.3, 0.4) is 0 Å². The molecule has 1 atom stereocenters. The summed E-state index contributed by atoms with van der Waals surface area (Å²) >= 11 is 0. The number of carbonyl (C=O) groups is 1. The summed E-state index contributed by atoms with van der Waals surface area (Å²) in [5.41, 5.74) is 1.73. The maximum absolute atomic E-state index is 11.8. The van der Waals surface area contributed by atoms with Crippen LogP contribution in [0.2, 0.25) is 0 Å². The molecule has 1 fully saturated rings. The molecule has 24 heavy (non-hydrogen) atoms. The minimum atomic E-state index is -0.233. The Morgan fingerprint density at radius 3 is 2.79 bits per heavy atom. The number of oxazole rings is 1. The standard InChI is InChI=1S/C18H25N3O3/c1-4-23-18(22)20(3)14-9-11-21(12-10-14)13(2)17-19-15-7-5-6-8-16(15)24-17/h5-8,13-14H,4,9-12H2,1-3H3/t13-/m0/s1. The quantitative estimate of drug-likeness (QED) is 0.859. The van der Waals surface area contributed by atoms with E-state index in [0.29, 0.717) is 6.61 Å². The van der Waals surface area contributed by atoms with E-state index in [1.54, 1.807) is 4.90 Å². The van der Waals surface area contributed by atoms with Crippen LogP contribution in [-0.4, -0.2) is 53.7 Å². The highest BCUT2D eigenvalue weighted by molar-refractivity contribution is 5.72. The number of hydrogen-bond donors (Lipinski definition) is 0. The third-order valence-corrected chi connectivity index (χ3v) is 4.82. The van der Waals surface area contributed by atoms with Gasteiger partial charge in [0.1, 0.15) is 5.52 Å². The molecule has 1 aromatic carbocycles. The van der Waals surface area contributed by atoms with Gasteiger partial charge in [-0.1, -0.05) is 12.1 Å². The molecule has 0 saturated carbocycles. The van der Waals surface area contributed by atoms with Gasteiger partial charge in [-0.3, -0.25) is 4.90 Å². The fraction of sp³-hybridized carbons (Fsp3) is 0.556. The van der Waals surface area contributed by atoms with Gasteiger partial charge < -0.3 is 14.1 Å². The third-order valence-electron chi connectivity index (χ3n) is 4.82. The van der Waals surface area contributed by atoms with Crippen LogP contribution in [0, 0.1) is 0 Å². The Labute approximate surface area is 142 Å². The molecule has 1 aromatic heterocycles. The predicted octanol–water partition coefficient (Wildman–Crippen LogP) is 3.44. The van der Waals surface area contributed by atoms with Crippen molar-refractivity contribution in [3.63, 3.8) is 0 Å². The van der Waals surface area contributed by atoms with Gasteiger partial charge in [-0.05, 0) is 38.8 Å². The van der Waals surface area contributed by atoms with E-state index < -0.39 is 0 Å². The van der Waals surface area contributed by atoms with Crippen molar-refractivity contribution in [3.05, 3.63) is 30.2 Å². The first-order valence-electron chi connectivity index (χ1n) is 8.59. The van der Waals surface area contributed by atoms with Crippen LogP contribution in [0.15, 0.2) is 28.7 Å². The SMILES string of the molecule is CCOC(=O)N(C)C1CCN([C@@H](C)c2nc3ccccc3o2)CC1. The second kappa shape index (κ2) is 7.21. The molecular weight excluding hydrogens is 306 g/mol. The van der Waals surface area contributed by atoms with Crippen molar-refractivity contribution in [1.29, 1.82) is 0 Å². The lowest BCUT2D eigenvalue weighted by atomic mass is 10.0. The highest BCUT2D eigenvalue weighted by Gasteiger charge is 2.30. The van der Waals surface area contributed by atoms with Gasteiger partial charge in [0, 0.05) is 26.2 Å². The molecule has 1 saturated heterocycles. The van der Waals surface area contributed by atoms with Crippen LogP contribution in [0.1, 0.15) is 38.6 Å². The largest absolute Gasteiger partial charge is 0.450 e. The number of aromatic nitrogens is 1. The molecule has 6 nitrogen and oxygen atoms in total. The van der Waals surface area contributed by atoms with Crippen LogP contribution in [0.4, 0.5) is 4.79 Å². The van der Waals surface area contributed by atoms with Gasteiger partial charge >= 0.3 is 6.09 Å². The zero-order chi connectivity index (χ0) is 17.1. The number of benzene rings is 1. The summed E-state index contributed by atoms with van der Waals surface area (Å²) in [6.07, 6.45) is 1.63. The average Bonchev–Trinajstić information content (AvgIpc) is 3.05. The Bertz CT molecular complexity index is 659. The Kier molecular flexibility index (Phi) is 5.04. The van der Waals surface area contributed by atoms with E-state index in [0.717, 1.165) is 42.9 Å². The molecule has 6 heteroatoms. The number of nitrogens with zero attached hydrogens (tertiary/aromatic N) is 3. The summed E-state index contributed by atoms with van der Waals surface area (Å²) in [7, 11) is 1.82. The maximum atomic E-state index is 11.8. The molecule has 2 heterocycles. The first-order chi connectivity index (χ1) is 11.6. The molecule has 1 aliphatic heterocycles. The highest BCUT2D eigenvalue weighted by atomic mass is 16.6. The molecule has 0 aliphatic carbocycles. The number of ether oxygens (including phenoxy) is 1. The summed E-state index contributed by atoms with van der Waals surface area (Å²) in [6, 6.07) is 8.20. The monoisotopic (exact) mass is 331 g/mol. The normalized spacial score (nSPS) is 17.8. The first kappa shape index (κ1) is 16.8. The minimum Gasteiger partial charge on any atom is -0.450 e. The summed E-state index contributed by atoms with van der Waals surface area (Å²) in [6.45, 7) is 6.19. The molecule has 0 N–H and O–H groups in total. The fourth-order valence-electron chi connectivity index (χ4n) is 3.26. The Balaban J connectivity index is 1.60. The number of amides is 1. The van der Waals surface area contributed by atoms with Gasteiger partial charge in [-0.2, -0.15) is 0 Å². The third kappa shape index (κ3) is 3.38. The van der Waals surface area contributed by atoms with E-state index >= 15 is 0 Å². The van der Waals surface area contributed by atoms with Crippen LogP contribution >= 0.6 is 0 Å². The van der Waals surface area contributed by atoms with Crippen LogP contribution in [-0.2, 0) is 4.74 Å². The van der Waals surface area contributed by atoms with Crippen molar-refractivity contribution < 1.29 is 13.9 Å². The predicted molar refractivity (Wildman–Crippen MR) is 91.8 cm³/mol. The smallest absolute Gasteiger partial charge is 0.409 e. The van der Waals surface area contributed by atoms with Crippen molar-refractivity contribution in [2.45, 2.75) is 38.8 Å². The molecule has 1 amide bonds. The van der Waals surface area contributed by atoms with Crippen molar-refractivity contribution in [2.24, 2.45) is 0 Å². The van der Waals surface area contributed by atoms with Gasteiger partial charge in [-0.25, -0.2) is 9.78 Å². The Morgan fingerprint density at radius 2 is 2.12 bits per heavy atom. The maximum Gasteiger partial charge on any atom is 0.409 e. The van der Waals surface area contributed by atoms with Crippen molar-refractivity contribution in [3.8, 4) is 0 Å². The summed E-state index contributed by atoms with van der Waals surface area (Å²) in [4.78, 5) is 20.5. The fourth-order valence-corrected chi connectivity index (χ4v) is 3.26. The van der Waals surface area contributed by atoms with Crippen LogP contribution in [0.25, 0.3) is 11.1 Å². The number of piperidine rings is 1. The van der Waals surface area contributed by atoms with Gasteiger partial charge in [0.2, 0.25) is 5.89 Å². The van der Waals surface area contributed by atoms with Crippen molar-refractivity contribution >= 4 is 17.2 Å². The van der Waals surface area contributed by atoms with Crippen molar-refractivity contribution in [1.82, 2.24) is 14.8 Å². The van der Waals surface area contributed by atoms with Gasteiger partial charge in [0.25, 0.3) is 0 Å². The number of fused-ring (bicyclic) bond motifs is 1. The lowest BCUT2D eigenvalue weighted by Gasteiger charge is -2.38. The van der Waals surface area contributed by atoms with Gasteiger partial charge in [-0.15, -0.1) is 0 Å². The molecular formula is C18H25N3O3. The van der Waals surface area contributed by atoms with Crippen LogP contribution < -0.4 is 0 Å². The summed E-state index contributed by atoms with van der Waals surface area (Å²) < 4.78 is 11.0. The molecule has 3 rings (SSSR count). The lowest BCUT2D eigenvalue weighted by Crippen LogP contribution is -2.46. The molecule has 1 aliphatic rings. The van der Waals surface area contributed by atoms with E-state index in [1.807, 2.05) is 38.2 Å². The van der Waals surface area contributed by atoms with Gasteiger partial charge in [0.15, 0.2) is 5.58 Å². The number of rotatable bonds is 4. The van der Waals surface area contributed by atoms with E-state index in [4.69, 9.17) is 9.15 Å². The summed E-state index contributed by atoms with van der Waals surface area (Å²) in [5, 5.41) is 0. The summed E-state index contributed by atoms with van der Waals surface area (Å²) in [5.74, 6) is 0.758. The second-order valence-corrected chi connectivity index (χ2v) is 6.27. The first-order valence-corrected chi connectivity index (χ1v) is 8.59. The van der Waals surface area contributed by atoms with E-state index in [1.165, 1.54) is 0 Å². The Hall–Kier alpha value is -2.08. The van der Waals surface area contributed by atoms with E-state index in [-0.39, 0.29) is 18.2 Å². The molecule has 0 spiro atoms. The highest BCUT2D eigenvalue weighted by Crippen LogP contribution is 2.27. The Morgan fingerprint density at radius 1 is 1.42 bits per heavy atom. The average molecular weight is 331 g/mol. The molecule has 0 unspecified atom stereocenters. The number of hydrogen-bond acceptors (Lipinski definition) is 5. The van der Waals surface area contributed by atoms with Gasteiger partial charge in [0.05, 0.1) is 12.6 Å².